The quantitative estimate of drug-likeness (QED) is 0.687. The average molecular weight is 231 g/mol. The molecule has 17 heavy (non-hydrogen) atoms. The lowest BCUT2D eigenvalue weighted by molar-refractivity contribution is -0.144. The molecule has 0 bridgehead atoms. The molecule has 2 atom stereocenters. The molecule has 4 nitrogen and oxygen atoms in total. The van der Waals surface area contributed by atoms with Gasteiger partial charge < -0.3 is 4.74 Å². The molecule has 4 heteroatoms. The summed E-state index contributed by atoms with van der Waals surface area (Å²) >= 11 is 0. The van der Waals surface area contributed by atoms with E-state index >= 15 is 0 Å². The fraction of sp³-hybridized carbons (Fsp3) is 0.385. The molecule has 1 aliphatic carbocycles. The molecule has 88 valence electrons. The van der Waals surface area contributed by atoms with E-state index in [0.717, 1.165) is 11.3 Å². The molecule has 2 aliphatic rings. The van der Waals surface area contributed by atoms with Gasteiger partial charge in [0.1, 0.15) is 0 Å². The molecule has 3 rings (SSSR count). The Balaban J connectivity index is 2.15. The highest BCUT2D eigenvalue weighted by atomic mass is 16.5. The fourth-order valence-corrected chi connectivity index (χ4v) is 3.01. The Morgan fingerprint density at radius 3 is 2.76 bits per heavy atom. The van der Waals surface area contributed by atoms with Crippen LogP contribution in [0.4, 0.5) is 5.69 Å². The van der Waals surface area contributed by atoms with Gasteiger partial charge in [0.2, 0.25) is 5.91 Å². The number of rotatable bonds is 1. The fourth-order valence-electron chi connectivity index (χ4n) is 3.01. The third kappa shape index (κ3) is 1.07. The van der Waals surface area contributed by atoms with Gasteiger partial charge in [-0.1, -0.05) is 18.2 Å². The first-order chi connectivity index (χ1) is 8.13. The number of hydrogen-bond donors (Lipinski definition) is 0. The van der Waals surface area contributed by atoms with Gasteiger partial charge in [0.25, 0.3) is 0 Å². The van der Waals surface area contributed by atoms with E-state index in [-0.39, 0.29) is 17.8 Å². The lowest BCUT2D eigenvalue weighted by Gasteiger charge is -2.25. The molecule has 1 aromatic carbocycles. The van der Waals surface area contributed by atoms with Crippen LogP contribution in [0.5, 0.6) is 0 Å². The summed E-state index contributed by atoms with van der Waals surface area (Å²) in [4.78, 5) is 25.3. The van der Waals surface area contributed by atoms with Crippen LogP contribution in [0.2, 0.25) is 0 Å². The van der Waals surface area contributed by atoms with Crippen LogP contribution in [0.3, 0.4) is 0 Å². The first-order valence-electron chi connectivity index (χ1n) is 5.61. The minimum Gasteiger partial charge on any atom is -0.467 e. The number of hydrogen-bond acceptors (Lipinski definition) is 3. The van der Waals surface area contributed by atoms with Crippen molar-refractivity contribution in [1.82, 2.24) is 0 Å². The van der Waals surface area contributed by atoms with Gasteiger partial charge in [-0.05, 0) is 18.1 Å². The Kier molecular flexibility index (Phi) is 1.88. The molecule has 1 fully saturated rings. The number of carbonyl (C=O) groups is 2. The van der Waals surface area contributed by atoms with E-state index in [9.17, 15) is 9.59 Å². The molecule has 0 radical (unpaired) electrons. The molecule has 0 unspecified atom stereocenters. The van der Waals surface area contributed by atoms with Gasteiger partial charge in [-0.15, -0.1) is 0 Å². The van der Waals surface area contributed by atoms with Gasteiger partial charge in [0, 0.05) is 18.5 Å². The predicted molar refractivity (Wildman–Crippen MR) is 61.7 cm³/mol. The summed E-state index contributed by atoms with van der Waals surface area (Å²) in [6, 6.07) is 7.68. The lowest BCUT2D eigenvalue weighted by atomic mass is 10.1. The second-order valence-corrected chi connectivity index (χ2v) is 4.59. The maximum Gasteiger partial charge on any atom is 0.332 e. The summed E-state index contributed by atoms with van der Waals surface area (Å²) in [5.41, 5.74) is 1.17. The highest BCUT2D eigenvalue weighted by Crippen LogP contribution is 2.64. The highest BCUT2D eigenvalue weighted by Gasteiger charge is 2.71. The molecule has 1 aliphatic heterocycles. The van der Waals surface area contributed by atoms with Crippen molar-refractivity contribution in [3.8, 4) is 0 Å². The van der Waals surface area contributed by atoms with Crippen LogP contribution < -0.4 is 4.90 Å². The standard InChI is InChI=1S/C13H13NO3/c1-8(15)14-11-6-4-3-5-9(11)10-7-13(10,14)12(16)17-2/h3-6,10H,7H2,1-2H3/t10-,13-/m1/s1. The summed E-state index contributed by atoms with van der Waals surface area (Å²) in [5.74, 6) is -0.313. The minimum atomic E-state index is -0.760. The van der Waals surface area contributed by atoms with Crippen molar-refractivity contribution in [3.05, 3.63) is 29.8 Å². The number of benzene rings is 1. The monoisotopic (exact) mass is 231 g/mol. The number of carbonyl (C=O) groups excluding carboxylic acids is 2. The average Bonchev–Trinajstić information content (AvgIpc) is 2.99. The third-order valence-electron chi connectivity index (χ3n) is 3.74. The van der Waals surface area contributed by atoms with Crippen molar-refractivity contribution in [2.75, 3.05) is 12.0 Å². The summed E-state index contributed by atoms with van der Waals surface area (Å²) < 4.78 is 4.86. The van der Waals surface area contributed by atoms with Gasteiger partial charge >= 0.3 is 5.97 Å². The Bertz CT molecular complexity index is 525. The van der Waals surface area contributed by atoms with Crippen LogP contribution in [-0.2, 0) is 14.3 Å². The van der Waals surface area contributed by atoms with Crippen molar-refractivity contribution in [2.24, 2.45) is 0 Å². The van der Waals surface area contributed by atoms with Crippen molar-refractivity contribution in [3.63, 3.8) is 0 Å². The number of para-hydroxylation sites is 1. The number of methoxy groups -OCH3 is 1. The number of ether oxygens (including phenoxy) is 1. The molecule has 0 N–H and O–H groups in total. The number of fused-ring (bicyclic) bond motifs is 3. The van der Waals surface area contributed by atoms with Gasteiger partial charge in [0.15, 0.2) is 5.54 Å². The number of esters is 1. The van der Waals surface area contributed by atoms with Crippen LogP contribution in [0, 0.1) is 0 Å². The summed E-state index contributed by atoms with van der Waals surface area (Å²) in [7, 11) is 1.37. The number of amides is 1. The van der Waals surface area contributed by atoms with Crippen LogP contribution in [0.15, 0.2) is 24.3 Å². The minimum absolute atomic E-state index is 0.107. The van der Waals surface area contributed by atoms with Gasteiger partial charge in [0.05, 0.1) is 7.11 Å². The zero-order valence-corrected chi connectivity index (χ0v) is 9.77. The van der Waals surface area contributed by atoms with E-state index in [4.69, 9.17) is 4.74 Å². The normalized spacial score (nSPS) is 28.4. The van der Waals surface area contributed by atoms with Crippen LogP contribution in [-0.4, -0.2) is 24.5 Å². The van der Waals surface area contributed by atoms with E-state index < -0.39 is 5.54 Å². The van der Waals surface area contributed by atoms with E-state index in [1.54, 1.807) is 4.90 Å². The Labute approximate surface area is 99.2 Å². The van der Waals surface area contributed by atoms with E-state index in [1.807, 2.05) is 24.3 Å². The van der Waals surface area contributed by atoms with Crippen molar-refractivity contribution in [1.29, 1.82) is 0 Å². The highest BCUT2D eigenvalue weighted by molar-refractivity contribution is 6.08. The van der Waals surface area contributed by atoms with Crippen molar-refractivity contribution in [2.45, 2.75) is 24.8 Å². The number of nitrogens with zero attached hydrogens (tertiary/aromatic N) is 1. The molecule has 0 aromatic heterocycles. The van der Waals surface area contributed by atoms with Crippen molar-refractivity contribution < 1.29 is 14.3 Å². The maximum atomic E-state index is 11.9. The van der Waals surface area contributed by atoms with Gasteiger partial charge in [-0.3, -0.25) is 9.69 Å². The van der Waals surface area contributed by atoms with Gasteiger partial charge in [-0.2, -0.15) is 0 Å². The first kappa shape index (κ1) is 10.3. The summed E-state index contributed by atoms with van der Waals surface area (Å²) in [6.07, 6.45) is 0.677. The molecule has 0 saturated heterocycles. The van der Waals surface area contributed by atoms with Crippen LogP contribution in [0.1, 0.15) is 24.8 Å². The smallest absolute Gasteiger partial charge is 0.332 e. The molecule has 1 heterocycles. The lowest BCUT2D eigenvalue weighted by Crippen LogP contribution is -2.46. The van der Waals surface area contributed by atoms with Crippen LogP contribution >= 0.6 is 0 Å². The summed E-state index contributed by atoms with van der Waals surface area (Å²) in [5, 5.41) is 0. The Hall–Kier alpha value is -1.84. The zero-order chi connectivity index (χ0) is 12.2. The van der Waals surface area contributed by atoms with Crippen molar-refractivity contribution >= 4 is 17.6 Å². The molecule has 1 amide bonds. The second kappa shape index (κ2) is 3.09. The summed E-state index contributed by atoms with van der Waals surface area (Å²) in [6.45, 7) is 1.49. The SMILES string of the molecule is COC(=O)[C@@]12C[C@@H]1c1ccccc1N2C(C)=O. The molecule has 1 aromatic rings. The largest absolute Gasteiger partial charge is 0.467 e. The molecular weight excluding hydrogens is 218 g/mol. The topological polar surface area (TPSA) is 46.6 Å². The van der Waals surface area contributed by atoms with E-state index in [0.29, 0.717) is 6.42 Å². The Morgan fingerprint density at radius 1 is 1.41 bits per heavy atom. The Morgan fingerprint density at radius 2 is 2.12 bits per heavy atom. The zero-order valence-electron chi connectivity index (χ0n) is 9.77. The maximum absolute atomic E-state index is 11.9. The van der Waals surface area contributed by atoms with E-state index in [1.165, 1.54) is 14.0 Å². The van der Waals surface area contributed by atoms with E-state index in [2.05, 4.69) is 0 Å². The third-order valence-corrected chi connectivity index (χ3v) is 3.74. The number of anilines is 1. The van der Waals surface area contributed by atoms with Gasteiger partial charge in [-0.25, -0.2) is 4.79 Å². The van der Waals surface area contributed by atoms with Crippen LogP contribution in [0.25, 0.3) is 0 Å². The first-order valence-corrected chi connectivity index (χ1v) is 5.61. The second-order valence-electron chi connectivity index (χ2n) is 4.59. The molecule has 1 saturated carbocycles. The molecule has 0 spiro atoms. The molecular formula is C13H13NO3. The predicted octanol–water partition coefficient (Wildman–Crippen LogP) is 1.45.